The zero-order chi connectivity index (χ0) is 12.8. The highest BCUT2D eigenvalue weighted by atomic mass is 16.4. The molecule has 94 valence electrons. The number of carboxylic acids is 1. The smallest absolute Gasteiger partial charge is 0.220 e. The molecule has 0 saturated heterocycles. The van der Waals surface area contributed by atoms with Crippen LogP contribution in [-0.4, -0.2) is 50.1 Å². The number of nitrogens with one attached hydrogen (secondary N) is 1. The maximum absolute atomic E-state index is 11.4. The van der Waals surface area contributed by atoms with E-state index in [-0.39, 0.29) is 18.4 Å². The standard InChI is InChI=1S/C11H22N2O3/c1-5-6-10(14)12-9(7-11(15)16)8-13(2,3)4/h9H,5-8H2,1-4H3,(H-,12,14,15,16). The van der Waals surface area contributed by atoms with Gasteiger partial charge in [0.15, 0.2) is 0 Å². The normalized spacial score (nSPS) is 13.2. The quantitative estimate of drug-likeness (QED) is 0.577. The average molecular weight is 230 g/mol. The van der Waals surface area contributed by atoms with E-state index in [0.717, 1.165) is 6.42 Å². The highest BCUT2D eigenvalue weighted by Gasteiger charge is 2.19. The van der Waals surface area contributed by atoms with Crippen LogP contribution in [0.4, 0.5) is 0 Å². The predicted octanol–water partition coefficient (Wildman–Crippen LogP) is -0.882. The van der Waals surface area contributed by atoms with Gasteiger partial charge in [0.25, 0.3) is 0 Å². The molecule has 5 heteroatoms. The van der Waals surface area contributed by atoms with E-state index < -0.39 is 5.97 Å². The lowest BCUT2D eigenvalue weighted by atomic mass is 10.1. The van der Waals surface area contributed by atoms with E-state index in [4.69, 9.17) is 0 Å². The molecule has 0 aliphatic heterocycles. The Morgan fingerprint density at radius 1 is 1.31 bits per heavy atom. The van der Waals surface area contributed by atoms with Crippen LogP contribution in [0.2, 0.25) is 0 Å². The summed E-state index contributed by atoms with van der Waals surface area (Å²) in [7, 11) is 5.86. The zero-order valence-corrected chi connectivity index (χ0v) is 10.6. The number of rotatable bonds is 7. The Morgan fingerprint density at radius 2 is 1.88 bits per heavy atom. The molecule has 0 spiro atoms. The lowest BCUT2D eigenvalue weighted by Gasteiger charge is -2.30. The van der Waals surface area contributed by atoms with Gasteiger partial charge >= 0.3 is 0 Å². The van der Waals surface area contributed by atoms with Crippen LogP contribution in [-0.2, 0) is 9.59 Å². The van der Waals surface area contributed by atoms with Crippen LogP contribution in [0.5, 0.6) is 0 Å². The van der Waals surface area contributed by atoms with Gasteiger partial charge in [0.2, 0.25) is 5.91 Å². The summed E-state index contributed by atoms with van der Waals surface area (Å²) in [6, 6.07) is -0.357. The summed E-state index contributed by atoms with van der Waals surface area (Å²) in [5, 5.41) is 13.3. The van der Waals surface area contributed by atoms with Gasteiger partial charge < -0.3 is 19.7 Å². The average Bonchev–Trinajstić information content (AvgIpc) is 1.98. The number of carbonyl (C=O) groups excluding carboxylic acids is 2. The van der Waals surface area contributed by atoms with Gasteiger partial charge in [-0.2, -0.15) is 0 Å². The van der Waals surface area contributed by atoms with Crippen LogP contribution in [0, 0.1) is 0 Å². The molecule has 0 radical (unpaired) electrons. The van der Waals surface area contributed by atoms with Crippen molar-refractivity contribution in [3.8, 4) is 0 Å². The molecule has 0 saturated carbocycles. The van der Waals surface area contributed by atoms with Gasteiger partial charge in [-0.25, -0.2) is 0 Å². The third-order valence-electron chi connectivity index (χ3n) is 2.02. The fraction of sp³-hybridized carbons (Fsp3) is 0.818. The van der Waals surface area contributed by atoms with Crippen LogP contribution >= 0.6 is 0 Å². The second kappa shape index (κ2) is 6.48. The van der Waals surface area contributed by atoms with E-state index in [9.17, 15) is 14.7 Å². The molecular weight excluding hydrogens is 208 g/mol. The Labute approximate surface area is 97.0 Å². The van der Waals surface area contributed by atoms with E-state index in [0.29, 0.717) is 17.4 Å². The molecule has 0 aromatic heterocycles. The van der Waals surface area contributed by atoms with Crippen molar-refractivity contribution in [2.24, 2.45) is 0 Å². The number of nitrogens with zero attached hydrogens (tertiary/aromatic N) is 1. The van der Waals surface area contributed by atoms with Gasteiger partial charge in [0.1, 0.15) is 0 Å². The minimum atomic E-state index is -1.13. The fourth-order valence-corrected chi connectivity index (χ4v) is 1.55. The van der Waals surface area contributed by atoms with Crippen LogP contribution in [0.15, 0.2) is 0 Å². The van der Waals surface area contributed by atoms with Crippen LogP contribution < -0.4 is 10.4 Å². The Hall–Kier alpha value is -1.10. The van der Waals surface area contributed by atoms with Gasteiger partial charge in [-0.1, -0.05) is 6.92 Å². The topological polar surface area (TPSA) is 69.2 Å². The van der Waals surface area contributed by atoms with Crippen molar-refractivity contribution in [1.29, 1.82) is 0 Å². The van der Waals surface area contributed by atoms with Crippen molar-refractivity contribution in [3.63, 3.8) is 0 Å². The molecule has 0 aromatic rings. The van der Waals surface area contributed by atoms with Gasteiger partial charge in [0, 0.05) is 18.8 Å². The lowest BCUT2D eigenvalue weighted by Crippen LogP contribution is -2.50. The summed E-state index contributed by atoms with van der Waals surface area (Å²) in [5.74, 6) is -1.22. The summed E-state index contributed by atoms with van der Waals surface area (Å²) in [6.07, 6.45) is 1.06. The first-order valence-corrected chi connectivity index (χ1v) is 5.54. The van der Waals surface area contributed by atoms with Crippen molar-refractivity contribution >= 4 is 11.9 Å². The van der Waals surface area contributed by atoms with E-state index in [1.165, 1.54) is 0 Å². The third-order valence-corrected chi connectivity index (χ3v) is 2.02. The molecule has 0 aromatic carbocycles. The molecule has 1 N–H and O–H groups in total. The zero-order valence-electron chi connectivity index (χ0n) is 10.6. The summed E-state index contributed by atoms with van der Waals surface area (Å²) < 4.78 is 0.602. The Bertz CT molecular complexity index is 246. The molecule has 0 fully saturated rings. The second-order valence-electron chi connectivity index (χ2n) is 5.06. The van der Waals surface area contributed by atoms with Crippen molar-refractivity contribution in [3.05, 3.63) is 0 Å². The highest BCUT2D eigenvalue weighted by molar-refractivity contribution is 5.77. The Morgan fingerprint density at radius 3 is 2.25 bits per heavy atom. The number of likely N-dealkylation sites (N-methyl/N-ethyl adjacent to an activating group) is 1. The molecule has 16 heavy (non-hydrogen) atoms. The largest absolute Gasteiger partial charge is 0.550 e. The number of quaternary nitrogens is 1. The number of hydrogen-bond donors (Lipinski definition) is 1. The van der Waals surface area contributed by atoms with Crippen LogP contribution in [0.25, 0.3) is 0 Å². The summed E-state index contributed by atoms with van der Waals surface area (Å²) in [4.78, 5) is 22.0. The molecule has 0 aliphatic rings. The van der Waals surface area contributed by atoms with Crippen molar-refractivity contribution in [2.75, 3.05) is 27.7 Å². The Balaban J connectivity index is 4.31. The van der Waals surface area contributed by atoms with Gasteiger partial charge in [-0.15, -0.1) is 0 Å². The Kier molecular flexibility index (Phi) is 6.03. The van der Waals surface area contributed by atoms with Crippen LogP contribution in [0.1, 0.15) is 26.2 Å². The number of hydrogen-bond acceptors (Lipinski definition) is 3. The van der Waals surface area contributed by atoms with Crippen LogP contribution in [0.3, 0.4) is 0 Å². The fourth-order valence-electron chi connectivity index (χ4n) is 1.55. The van der Waals surface area contributed by atoms with Gasteiger partial charge in [-0.3, -0.25) is 4.79 Å². The second-order valence-corrected chi connectivity index (χ2v) is 5.06. The SMILES string of the molecule is CCCC(=O)NC(CC(=O)[O-])C[N+](C)(C)C. The monoisotopic (exact) mass is 230 g/mol. The molecule has 1 atom stereocenters. The number of amides is 1. The lowest BCUT2D eigenvalue weighted by molar-refractivity contribution is -0.871. The van der Waals surface area contributed by atoms with E-state index in [2.05, 4.69) is 5.32 Å². The minimum Gasteiger partial charge on any atom is -0.550 e. The number of carboxylic acid groups (broad SMARTS) is 1. The summed E-state index contributed by atoms with van der Waals surface area (Å²) in [5.41, 5.74) is 0. The first-order valence-electron chi connectivity index (χ1n) is 5.54. The molecule has 5 nitrogen and oxygen atoms in total. The molecule has 0 aliphatic carbocycles. The maximum atomic E-state index is 11.4. The minimum absolute atomic E-state index is 0.0952. The summed E-state index contributed by atoms with van der Waals surface area (Å²) >= 11 is 0. The van der Waals surface area contributed by atoms with E-state index >= 15 is 0 Å². The number of aliphatic carboxylic acids is 1. The highest BCUT2D eigenvalue weighted by Crippen LogP contribution is 2.00. The molecule has 0 heterocycles. The third kappa shape index (κ3) is 8.23. The van der Waals surface area contributed by atoms with Gasteiger partial charge in [-0.05, 0) is 6.42 Å². The first-order chi connectivity index (χ1) is 7.24. The maximum Gasteiger partial charge on any atom is 0.220 e. The van der Waals surface area contributed by atoms with E-state index in [1.54, 1.807) is 0 Å². The van der Waals surface area contributed by atoms with Gasteiger partial charge in [0.05, 0.1) is 33.7 Å². The molecular formula is C11H22N2O3. The number of carbonyl (C=O) groups is 2. The predicted molar refractivity (Wildman–Crippen MR) is 59.4 cm³/mol. The first kappa shape index (κ1) is 14.9. The summed E-state index contributed by atoms with van der Waals surface area (Å²) in [6.45, 7) is 2.48. The van der Waals surface area contributed by atoms with E-state index in [1.807, 2.05) is 28.1 Å². The molecule has 0 rings (SSSR count). The van der Waals surface area contributed by atoms with Crippen molar-refractivity contribution < 1.29 is 19.2 Å². The van der Waals surface area contributed by atoms with Crippen molar-refractivity contribution in [1.82, 2.24) is 5.32 Å². The molecule has 1 unspecified atom stereocenters. The van der Waals surface area contributed by atoms with Crippen molar-refractivity contribution in [2.45, 2.75) is 32.2 Å². The molecule has 0 bridgehead atoms. The molecule has 1 amide bonds.